The number of piperidine rings is 1. The van der Waals surface area contributed by atoms with Crippen LogP contribution in [0.3, 0.4) is 0 Å². The molecule has 10 heteroatoms. The number of anilines is 2. The number of rotatable bonds is 7. The lowest BCUT2D eigenvalue weighted by Crippen LogP contribution is -2.35. The van der Waals surface area contributed by atoms with Gasteiger partial charge >= 0.3 is 17.5 Å². The predicted octanol–water partition coefficient (Wildman–Crippen LogP) is 2.77. The van der Waals surface area contributed by atoms with Crippen molar-refractivity contribution in [3.8, 4) is 0 Å². The molecule has 0 bridgehead atoms. The first kappa shape index (κ1) is 19.7. The second kappa shape index (κ2) is 8.44. The number of furan rings is 1. The lowest BCUT2D eigenvalue weighted by Gasteiger charge is -2.31. The molecule has 0 atom stereocenters. The molecule has 0 radical (unpaired) electrons. The molecular weight excluding hydrogens is 390 g/mol. The summed E-state index contributed by atoms with van der Waals surface area (Å²) < 4.78 is 12.0. The van der Waals surface area contributed by atoms with Crippen molar-refractivity contribution in [1.82, 2.24) is 4.68 Å². The van der Waals surface area contributed by atoms with Crippen molar-refractivity contribution in [1.29, 1.82) is 0 Å². The van der Waals surface area contributed by atoms with Crippen LogP contribution in [-0.4, -0.2) is 22.7 Å². The minimum absolute atomic E-state index is 0.222. The van der Waals surface area contributed by atoms with Crippen molar-refractivity contribution in [2.24, 2.45) is 0 Å². The number of aromatic amines is 1. The standard InChI is InChI=1S/C20H23N5O5/c1-2-24-20(26)30-19(22-24)14-9-11-23(12-10-14)16-5-3-15(4-6-16)21-13-17-7-8-18(29-17)25(27)28/h3-8,14,21H,2,9-13H2,1H3/p+1. The molecule has 1 saturated heterocycles. The van der Waals surface area contributed by atoms with Crippen LogP contribution in [0.2, 0.25) is 0 Å². The van der Waals surface area contributed by atoms with Crippen molar-refractivity contribution >= 4 is 17.3 Å². The Balaban J connectivity index is 1.31. The highest BCUT2D eigenvalue weighted by Crippen LogP contribution is 2.29. The Morgan fingerprint density at radius 2 is 1.90 bits per heavy atom. The third-order valence-electron chi connectivity index (χ3n) is 5.37. The van der Waals surface area contributed by atoms with Crippen LogP contribution >= 0.6 is 0 Å². The summed E-state index contributed by atoms with van der Waals surface area (Å²) in [7, 11) is 0. The summed E-state index contributed by atoms with van der Waals surface area (Å²) in [6.45, 7) is 4.59. The van der Waals surface area contributed by atoms with Gasteiger partial charge < -0.3 is 19.1 Å². The molecule has 0 amide bonds. The van der Waals surface area contributed by atoms with Gasteiger partial charge in [-0.05, 0) is 50.1 Å². The van der Waals surface area contributed by atoms with E-state index >= 15 is 0 Å². The Bertz CT molecular complexity index is 1060. The van der Waals surface area contributed by atoms with Gasteiger partial charge in [0, 0.05) is 24.5 Å². The van der Waals surface area contributed by atoms with E-state index in [0.29, 0.717) is 24.7 Å². The number of nitrogens with zero attached hydrogens (tertiary/aromatic N) is 3. The number of nitrogens with one attached hydrogen (secondary N) is 2. The van der Waals surface area contributed by atoms with Crippen molar-refractivity contribution in [3.05, 3.63) is 68.7 Å². The van der Waals surface area contributed by atoms with Crippen LogP contribution in [0.5, 0.6) is 0 Å². The molecule has 0 saturated carbocycles. The molecule has 2 aromatic heterocycles. The Morgan fingerprint density at radius 1 is 1.17 bits per heavy atom. The fraction of sp³-hybridized carbons (Fsp3) is 0.400. The van der Waals surface area contributed by atoms with E-state index in [2.05, 4.69) is 15.3 Å². The number of hydrogen-bond acceptors (Lipinski definition) is 7. The van der Waals surface area contributed by atoms with Gasteiger partial charge in [-0.1, -0.05) is 9.78 Å². The maximum absolute atomic E-state index is 11.7. The predicted molar refractivity (Wildman–Crippen MR) is 109 cm³/mol. The first-order valence-electron chi connectivity index (χ1n) is 9.98. The number of aryl methyl sites for hydroxylation is 1. The van der Waals surface area contributed by atoms with Crippen molar-refractivity contribution in [2.75, 3.05) is 23.3 Å². The highest BCUT2D eigenvalue weighted by Gasteiger charge is 2.29. The summed E-state index contributed by atoms with van der Waals surface area (Å²) in [5.74, 6) is 0.809. The molecule has 158 valence electrons. The third kappa shape index (κ3) is 4.22. The van der Waals surface area contributed by atoms with E-state index in [0.717, 1.165) is 37.3 Å². The van der Waals surface area contributed by atoms with Crippen LogP contribution in [-0.2, 0) is 13.1 Å². The number of benzene rings is 1. The van der Waals surface area contributed by atoms with E-state index in [4.69, 9.17) is 8.83 Å². The molecule has 10 nitrogen and oxygen atoms in total. The number of H-pyrrole nitrogens is 1. The maximum Gasteiger partial charge on any atom is 0.472 e. The molecule has 0 aliphatic carbocycles. The molecule has 1 fully saturated rings. The van der Waals surface area contributed by atoms with E-state index < -0.39 is 4.92 Å². The number of aromatic nitrogens is 2. The fourth-order valence-electron chi connectivity index (χ4n) is 3.67. The van der Waals surface area contributed by atoms with Gasteiger partial charge in [-0.25, -0.2) is 4.79 Å². The largest absolute Gasteiger partial charge is 0.472 e. The van der Waals surface area contributed by atoms with Crippen LogP contribution in [0.1, 0.15) is 37.3 Å². The van der Waals surface area contributed by atoms with Crippen molar-refractivity contribution < 1.29 is 18.9 Å². The van der Waals surface area contributed by atoms with Gasteiger partial charge in [-0.2, -0.15) is 0 Å². The molecule has 2 N–H and O–H groups in total. The summed E-state index contributed by atoms with van der Waals surface area (Å²) >= 11 is 0. The maximum atomic E-state index is 11.7. The van der Waals surface area contributed by atoms with E-state index in [1.165, 1.54) is 10.7 Å². The topological polar surface area (TPSA) is 121 Å². The minimum Gasteiger partial charge on any atom is -0.404 e. The lowest BCUT2D eigenvalue weighted by atomic mass is 9.96. The third-order valence-corrected chi connectivity index (χ3v) is 5.37. The normalized spacial score (nSPS) is 14.8. The Morgan fingerprint density at radius 3 is 2.50 bits per heavy atom. The molecule has 0 spiro atoms. The number of hydrogen-bond donors (Lipinski definition) is 1. The van der Waals surface area contributed by atoms with Crippen molar-refractivity contribution in [2.45, 2.75) is 38.8 Å². The van der Waals surface area contributed by atoms with Crippen LogP contribution in [0.4, 0.5) is 17.3 Å². The smallest absolute Gasteiger partial charge is 0.404 e. The van der Waals surface area contributed by atoms with Gasteiger partial charge in [0.2, 0.25) is 0 Å². The van der Waals surface area contributed by atoms with Gasteiger partial charge in [0.25, 0.3) is 0 Å². The monoisotopic (exact) mass is 414 g/mol. The number of nitro groups is 1. The minimum atomic E-state index is -0.549. The second-order valence-corrected chi connectivity index (χ2v) is 7.25. The zero-order valence-electron chi connectivity index (χ0n) is 16.7. The van der Waals surface area contributed by atoms with Crippen LogP contribution in [0, 0.1) is 10.1 Å². The van der Waals surface area contributed by atoms with E-state index in [1.807, 2.05) is 31.2 Å². The highest BCUT2D eigenvalue weighted by molar-refractivity contribution is 5.55. The summed E-state index contributed by atoms with van der Waals surface area (Å²) in [5.41, 5.74) is 2.04. The average molecular weight is 414 g/mol. The van der Waals surface area contributed by atoms with Crippen LogP contribution in [0.15, 0.2) is 50.0 Å². The quantitative estimate of drug-likeness (QED) is 0.466. The van der Waals surface area contributed by atoms with Crippen molar-refractivity contribution in [3.63, 3.8) is 0 Å². The fourth-order valence-corrected chi connectivity index (χ4v) is 3.67. The second-order valence-electron chi connectivity index (χ2n) is 7.25. The summed E-state index contributed by atoms with van der Waals surface area (Å²) in [5, 5.41) is 16.9. The Labute approximate surface area is 172 Å². The molecule has 1 aromatic carbocycles. The Hall–Kier alpha value is -3.56. The molecular formula is C20H24N5O5+. The first-order chi connectivity index (χ1) is 14.5. The average Bonchev–Trinajstić information content (AvgIpc) is 3.39. The first-order valence-corrected chi connectivity index (χ1v) is 9.98. The van der Waals surface area contributed by atoms with Crippen LogP contribution < -0.4 is 21.1 Å². The van der Waals surface area contributed by atoms with E-state index in [-0.39, 0.29) is 17.6 Å². The summed E-state index contributed by atoms with van der Waals surface area (Å²) in [6.07, 6.45) is 1.81. The molecule has 30 heavy (non-hydrogen) atoms. The molecule has 1 aliphatic rings. The highest BCUT2D eigenvalue weighted by atomic mass is 16.6. The molecule has 3 heterocycles. The van der Waals surface area contributed by atoms with E-state index in [9.17, 15) is 14.9 Å². The van der Waals surface area contributed by atoms with Gasteiger partial charge in [-0.3, -0.25) is 10.1 Å². The molecule has 3 aromatic rings. The zero-order valence-corrected chi connectivity index (χ0v) is 16.7. The molecule has 4 rings (SSSR count). The summed E-state index contributed by atoms with van der Waals surface area (Å²) in [6, 6.07) is 11.0. The molecule has 0 unspecified atom stereocenters. The van der Waals surface area contributed by atoms with Gasteiger partial charge in [0.05, 0.1) is 25.1 Å². The Kier molecular flexibility index (Phi) is 5.55. The summed E-state index contributed by atoms with van der Waals surface area (Å²) in [4.78, 5) is 24.2. The van der Waals surface area contributed by atoms with Gasteiger partial charge in [-0.15, -0.1) is 0 Å². The van der Waals surface area contributed by atoms with Crippen LogP contribution in [0.25, 0.3) is 0 Å². The van der Waals surface area contributed by atoms with Gasteiger partial charge in [0.1, 0.15) is 10.7 Å². The van der Waals surface area contributed by atoms with Gasteiger partial charge in [0.15, 0.2) is 0 Å². The zero-order chi connectivity index (χ0) is 21.1. The SMILES string of the molecule is CCn1[nH+]c(C2CCN(c3ccc(NCc4ccc([N+](=O)[O-])o4)cc3)CC2)oc1=O. The lowest BCUT2D eigenvalue weighted by molar-refractivity contribution is -0.507. The molecule has 1 aliphatic heterocycles. The van der Waals surface area contributed by atoms with E-state index in [1.54, 1.807) is 6.07 Å².